The molecule has 0 fully saturated rings. The molecule has 1 aromatic heterocycles. The standard InChI is InChI=1S/C20H20N4O3/c1-12-5-8-18(19(9-12)24(26)27)21-11-17-15(4)22-23(20(17)25)16-7-6-13(2)14(3)10-16/h5-11,22H,1-4H3. The number of hydrogen-bond acceptors (Lipinski definition) is 4. The number of nitrogens with zero attached hydrogens (tertiary/aromatic N) is 3. The van der Waals surface area contributed by atoms with Crippen LogP contribution in [0, 0.1) is 37.8 Å². The molecule has 1 heterocycles. The van der Waals surface area contributed by atoms with Crippen LogP contribution in [-0.2, 0) is 0 Å². The van der Waals surface area contributed by atoms with Gasteiger partial charge in [-0.05, 0) is 62.6 Å². The highest BCUT2D eigenvalue weighted by atomic mass is 16.6. The molecular weight excluding hydrogens is 344 g/mol. The number of nitro benzene ring substituents is 1. The van der Waals surface area contributed by atoms with Gasteiger partial charge in [0.15, 0.2) is 0 Å². The van der Waals surface area contributed by atoms with E-state index in [4.69, 9.17) is 0 Å². The largest absolute Gasteiger partial charge is 0.295 e. The minimum absolute atomic E-state index is 0.0890. The highest BCUT2D eigenvalue weighted by Crippen LogP contribution is 2.28. The average molecular weight is 364 g/mol. The first-order valence-electron chi connectivity index (χ1n) is 8.46. The van der Waals surface area contributed by atoms with Crippen molar-refractivity contribution in [1.82, 2.24) is 9.78 Å². The van der Waals surface area contributed by atoms with Gasteiger partial charge in [-0.3, -0.25) is 20.0 Å². The lowest BCUT2D eigenvalue weighted by Gasteiger charge is -2.05. The van der Waals surface area contributed by atoms with Gasteiger partial charge in [0.1, 0.15) is 5.69 Å². The second kappa shape index (κ2) is 7.03. The van der Waals surface area contributed by atoms with Crippen LogP contribution in [0.4, 0.5) is 11.4 Å². The van der Waals surface area contributed by atoms with Crippen LogP contribution >= 0.6 is 0 Å². The second-order valence-electron chi connectivity index (χ2n) is 6.57. The fourth-order valence-corrected chi connectivity index (χ4v) is 2.78. The minimum atomic E-state index is -0.475. The van der Waals surface area contributed by atoms with Crippen LogP contribution in [0.1, 0.15) is 27.9 Å². The van der Waals surface area contributed by atoms with Gasteiger partial charge in [-0.1, -0.05) is 12.1 Å². The Labute approximate surface area is 156 Å². The van der Waals surface area contributed by atoms with Crippen molar-refractivity contribution in [1.29, 1.82) is 0 Å². The molecule has 0 aliphatic carbocycles. The molecule has 0 saturated heterocycles. The summed E-state index contributed by atoms with van der Waals surface area (Å²) in [6.07, 6.45) is 1.38. The Morgan fingerprint density at radius 1 is 1.07 bits per heavy atom. The summed E-state index contributed by atoms with van der Waals surface area (Å²) < 4.78 is 1.45. The molecule has 0 radical (unpaired) electrons. The van der Waals surface area contributed by atoms with Crippen molar-refractivity contribution >= 4 is 17.6 Å². The third-order valence-electron chi connectivity index (χ3n) is 4.53. The molecule has 7 heteroatoms. The topological polar surface area (TPSA) is 93.3 Å². The first kappa shape index (κ1) is 18.3. The van der Waals surface area contributed by atoms with Crippen molar-refractivity contribution in [2.24, 2.45) is 4.99 Å². The molecule has 0 saturated carbocycles. The Balaban J connectivity index is 2.03. The summed E-state index contributed by atoms with van der Waals surface area (Å²) in [5, 5.41) is 14.3. The summed E-state index contributed by atoms with van der Waals surface area (Å²) in [5.74, 6) is 0. The third-order valence-corrected chi connectivity index (χ3v) is 4.53. The molecule has 3 rings (SSSR count). The third kappa shape index (κ3) is 3.57. The molecule has 0 amide bonds. The maximum absolute atomic E-state index is 12.8. The molecular formula is C20H20N4O3. The van der Waals surface area contributed by atoms with Crippen molar-refractivity contribution in [2.75, 3.05) is 0 Å². The number of aromatic nitrogens is 2. The highest BCUT2D eigenvalue weighted by molar-refractivity contribution is 5.84. The van der Waals surface area contributed by atoms with Gasteiger partial charge in [-0.15, -0.1) is 0 Å². The summed E-state index contributed by atoms with van der Waals surface area (Å²) in [5.41, 5.74) is 4.59. The number of rotatable bonds is 4. The predicted octanol–water partition coefficient (Wildman–Crippen LogP) is 4.06. The maximum atomic E-state index is 12.8. The molecule has 27 heavy (non-hydrogen) atoms. The van der Waals surface area contributed by atoms with E-state index in [1.54, 1.807) is 26.0 Å². The Morgan fingerprint density at radius 2 is 1.81 bits per heavy atom. The number of nitrogens with one attached hydrogen (secondary N) is 1. The van der Waals surface area contributed by atoms with E-state index < -0.39 is 4.92 Å². The van der Waals surface area contributed by atoms with Crippen LogP contribution in [-0.4, -0.2) is 20.9 Å². The lowest BCUT2D eigenvalue weighted by atomic mass is 10.1. The number of H-pyrrole nitrogens is 1. The molecule has 0 atom stereocenters. The first-order chi connectivity index (χ1) is 12.8. The number of aryl methyl sites for hydroxylation is 4. The van der Waals surface area contributed by atoms with E-state index in [1.165, 1.54) is 17.0 Å². The lowest BCUT2D eigenvalue weighted by Crippen LogP contribution is -2.17. The van der Waals surface area contributed by atoms with E-state index in [0.717, 1.165) is 22.4 Å². The average Bonchev–Trinajstić information content (AvgIpc) is 2.90. The van der Waals surface area contributed by atoms with Crippen LogP contribution in [0.5, 0.6) is 0 Å². The van der Waals surface area contributed by atoms with Crippen LogP contribution < -0.4 is 5.56 Å². The zero-order valence-electron chi connectivity index (χ0n) is 15.6. The fourth-order valence-electron chi connectivity index (χ4n) is 2.78. The molecule has 2 aromatic carbocycles. The van der Waals surface area contributed by atoms with Crippen molar-refractivity contribution < 1.29 is 4.92 Å². The maximum Gasteiger partial charge on any atom is 0.295 e. The Morgan fingerprint density at radius 3 is 2.48 bits per heavy atom. The molecule has 0 aliphatic rings. The molecule has 0 spiro atoms. The summed E-state index contributed by atoms with van der Waals surface area (Å²) in [7, 11) is 0. The summed E-state index contributed by atoms with van der Waals surface area (Å²) in [6, 6.07) is 10.5. The Hall–Kier alpha value is -3.48. The first-order valence-corrected chi connectivity index (χ1v) is 8.46. The van der Waals surface area contributed by atoms with Gasteiger partial charge >= 0.3 is 0 Å². The van der Waals surface area contributed by atoms with Gasteiger partial charge in [-0.25, -0.2) is 9.67 Å². The van der Waals surface area contributed by atoms with E-state index in [0.29, 0.717) is 11.3 Å². The van der Waals surface area contributed by atoms with Crippen molar-refractivity contribution in [3.8, 4) is 5.69 Å². The Bertz CT molecular complexity index is 1120. The molecule has 0 bridgehead atoms. The zero-order chi connectivity index (χ0) is 19.7. The van der Waals surface area contributed by atoms with Crippen LogP contribution in [0.3, 0.4) is 0 Å². The Kier molecular flexibility index (Phi) is 4.77. The number of aromatic amines is 1. The molecule has 7 nitrogen and oxygen atoms in total. The smallest absolute Gasteiger partial charge is 0.295 e. The van der Waals surface area contributed by atoms with E-state index in [2.05, 4.69) is 10.1 Å². The summed E-state index contributed by atoms with van der Waals surface area (Å²) >= 11 is 0. The summed E-state index contributed by atoms with van der Waals surface area (Å²) in [4.78, 5) is 27.7. The van der Waals surface area contributed by atoms with Gasteiger partial charge in [0.2, 0.25) is 0 Å². The number of nitro groups is 1. The van der Waals surface area contributed by atoms with Crippen LogP contribution in [0.15, 0.2) is 46.2 Å². The van der Waals surface area contributed by atoms with Crippen LogP contribution in [0.2, 0.25) is 0 Å². The second-order valence-corrected chi connectivity index (χ2v) is 6.57. The molecule has 3 aromatic rings. The van der Waals surface area contributed by atoms with E-state index in [1.807, 2.05) is 32.0 Å². The van der Waals surface area contributed by atoms with Gasteiger partial charge in [-0.2, -0.15) is 0 Å². The zero-order valence-corrected chi connectivity index (χ0v) is 15.6. The molecule has 1 N–H and O–H groups in total. The van der Waals surface area contributed by atoms with Crippen molar-refractivity contribution in [3.63, 3.8) is 0 Å². The summed E-state index contributed by atoms with van der Waals surface area (Å²) in [6.45, 7) is 7.54. The number of aliphatic imine (C=N–C) groups is 1. The van der Waals surface area contributed by atoms with Gasteiger partial charge in [0.25, 0.3) is 11.2 Å². The minimum Gasteiger partial charge on any atom is -0.295 e. The van der Waals surface area contributed by atoms with Crippen LogP contribution in [0.25, 0.3) is 5.69 Å². The lowest BCUT2D eigenvalue weighted by molar-refractivity contribution is -0.384. The number of hydrogen-bond donors (Lipinski definition) is 1. The molecule has 0 unspecified atom stereocenters. The fraction of sp³-hybridized carbons (Fsp3) is 0.200. The van der Waals surface area contributed by atoms with Gasteiger partial charge in [0, 0.05) is 18.0 Å². The van der Waals surface area contributed by atoms with Crippen molar-refractivity contribution in [2.45, 2.75) is 27.7 Å². The van der Waals surface area contributed by atoms with E-state index in [-0.39, 0.29) is 16.9 Å². The van der Waals surface area contributed by atoms with E-state index in [9.17, 15) is 14.9 Å². The highest BCUT2D eigenvalue weighted by Gasteiger charge is 2.15. The normalized spacial score (nSPS) is 11.3. The SMILES string of the molecule is Cc1ccc(N=Cc2c(C)[nH]n(-c3ccc(C)c(C)c3)c2=O)c([N+](=O)[O-])c1. The van der Waals surface area contributed by atoms with E-state index >= 15 is 0 Å². The monoisotopic (exact) mass is 364 g/mol. The predicted molar refractivity (Wildman–Crippen MR) is 106 cm³/mol. The van der Waals surface area contributed by atoms with Gasteiger partial charge in [0.05, 0.1) is 16.2 Å². The van der Waals surface area contributed by atoms with Gasteiger partial charge < -0.3 is 0 Å². The quantitative estimate of drug-likeness (QED) is 0.430. The number of benzene rings is 2. The molecule has 0 aliphatic heterocycles. The molecule has 138 valence electrons. The van der Waals surface area contributed by atoms with Crippen molar-refractivity contribution in [3.05, 3.63) is 84.8 Å².